The third kappa shape index (κ3) is 1.42. The zero-order valence-electron chi connectivity index (χ0n) is 7.18. The van der Waals surface area contributed by atoms with Gasteiger partial charge in [-0.25, -0.2) is 0 Å². The molecule has 0 aromatic rings. The maximum Gasteiger partial charge on any atom is 0.0624 e. The summed E-state index contributed by atoms with van der Waals surface area (Å²) in [7, 11) is 2.02. The van der Waals surface area contributed by atoms with Crippen LogP contribution < -0.4 is 5.32 Å². The highest BCUT2D eigenvalue weighted by molar-refractivity contribution is 4.86. The van der Waals surface area contributed by atoms with Crippen molar-refractivity contribution in [3.63, 3.8) is 0 Å². The third-order valence-corrected chi connectivity index (χ3v) is 3.11. The first-order valence-electron chi connectivity index (χ1n) is 4.69. The fraction of sp³-hybridized carbons (Fsp3) is 1.00. The fourth-order valence-corrected chi connectivity index (χ4v) is 2.00. The molecule has 2 heteroatoms. The van der Waals surface area contributed by atoms with Crippen LogP contribution in [0.4, 0.5) is 0 Å². The molecule has 0 bridgehead atoms. The largest absolute Gasteiger partial charge is 0.376 e. The van der Waals surface area contributed by atoms with Gasteiger partial charge in [0.05, 0.1) is 12.7 Å². The number of nitrogens with one attached hydrogen (secondary N) is 1. The van der Waals surface area contributed by atoms with Crippen LogP contribution in [0.1, 0.15) is 25.7 Å². The molecule has 0 amide bonds. The Bertz CT molecular complexity index is 134. The van der Waals surface area contributed by atoms with E-state index in [4.69, 9.17) is 4.74 Å². The molecule has 2 atom stereocenters. The Morgan fingerprint density at radius 2 is 2.18 bits per heavy atom. The fourth-order valence-electron chi connectivity index (χ4n) is 2.00. The molecule has 2 rings (SSSR count). The smallest absolute Gasteiger partial charge is 0.0624 e. The van der Waals surface area contributed by atoms with Crippen molar-refractivity contribution in [1.29, 1.82) is 0 Å². The highest BCUT2D eigenvalue weighted by Gasteiger charge is 2.33. The van der Waals surface area contributed by atoms with Crippen molar-refractivity contribution in [2.24, 2.45) is 5.92 Å². The molecule has 1 saturated carbocycles. The molecule has 1 N–H and O–H groups in total. The molecule has 0 aromatic carbocycles. The second-order valence-corrected chi connectivity index (χ2v) is 3.78. The van der Waals surface area contributed by atoms with Gasteiger partial charge in [0.25, 0.3) is 0 Å². The first kappa shape index (κ1) is 7.56. The van der Waals surface area contributed by atoms with Crippen LogP contribution in [-0.2, 0) is 4.74 Å². The SMILES string of the molecule is CNC1COC(C2CCC2)C1. The van der Waals surface area contributed by atoms with Crippen molar-refractivity contribution in [3.05, 3.63) is 0 Å². The third-order valence-electron chi connectivity index (χ3n) is 3.11. The van der Waals surface area contributed by atoms with Gasteiger partial charge in [-0.1, -0.05) is 6.42 Å². The Hall–Kier alpha value is -0.0800. The predicted octanol–water partition coefficient (Wildman–Crippen LogP) is 1.16. The molecule has 0 radical (unpaired) electrons. The van der Waals surface area contributed by atoms with E-state index in [9.17, 15) is 0 Å². The Labute approximate surface area is 68.3 Å². The van der Waals surface area contributed by atoms with Crippen LogP contribution in [0.3, 0.4) is 0 Å². The van der Waals surface area contributed by atoms with Crippen LogP contribution >= 0.6 is 0 Å². The molecule has 2 aliphatic rings. The summed E-state index contributed by atoms with van der Waals surface area (Å²) < 4.78 is 5.70. The van der Waals surface area contributed by atoms with Gasteiger partial charge in [-0.2, -0.15) is 0 Å². The number of hydrogen-bond acceptors (Lipinski definition) is 2. The highest BCUT2D eigenvalue weighted by atomic mass is 16.5. The lowest BCUT2D eigenvalue weighted by atomic mass is 9.80. The lowest BCUT2D eigenvalue weighted by Crippen LogP contribution is -2.28. The Balaban J connectivity index is 1.79. The molecule has 1 aliphatic carbocycles. The van der Waals surface area contributed by atoms with Gasteiger partial charge < -0.3 is 10.1 Å². The molecule has 2 nitrogen and oxygen atoms in total. The summed E-state index contributed by atoms with van der Waals surface area (Å²) >= 11 is 0. The summed E-state index contributed by atoms with van der Waals surface area (Å²) in [5.74, 6) is 0.897. The highest BCUT2D eigenvalue weighted by Crippen LogP contribution is 2.35. The van der Waals surface area contributed by atoms with Gasteiger partial charge in [-0.15, -0.1) is 0 Å². The van der Waals surface area contributed by atoms with Gasteiger partial charge in [-0.05, 0) is 32.2 Å². The van der Waals surface area contributed by atoms with Crippen LogP contribution in [-0.4, -0.2) is 25.8 Å². The molecule has 0 spiro atoms. The molecule has 64 valence electrons. The van der Waals surface area contributed by atoms with Gasteiger partial charge in [0.2, 0.25) is 0 Å². The van der Waals surface area contributed by atoms with Crippen LogP contribution in [0.25, 0.3) is 0 Å². The average Bonchev–Trinajstić information content (AvgIpc) is 2.32. The van der Waals surface area contributed by atoms with E-state index in [0.29, 0.717) is 12.1 Å². The van der Waals surface area contributed by atoms with Gasteiger partial charge in [0.15, 0.2) is 0 Å². The summed E-state index contributed by atoms with van der Waals surface area (Å²) in [4.78, 5) is 0. The molecular formula is C9H17NO. The molecule has 0 aromatic heterocycles. The lowest BCUT2D eigenvalue weighted by molar-refractivity contribution is 0.0301. The number of likely N-dealkylation sites (N-methyl/N-ethyl adjacent to an activating group) is 1. The van der Waals surface area contributed by atoms with E-state index in [-0.39, 0.29) is 0 Å². The maximum atomic E-state index is 5.70. The van der Waals surface area contributed by atoms with Gasteiger partial charge >= 0.3 is 0 Å². The van der Waals surface area contributed by atoms with Gasteiger partial charge in [-0.3, -0.25) is 0 Å². The van der Waals surface area contributed by atoms with Gasteiger partial charge in [0.1, 0.15) is 0 Å². The number of ether oxygens (including phenoxy) is 1. The van der Waals surface area contributed by atoms with Crippen molar-refractivity contribution in [1.82, 2.24) is 5.32 Å². The van der Waals surface area contributed by atoms with Crippen LogP contribution in [0, 0.1) is 5.92 Å². The molecule has 1 heterocycles. The van der Waals surface area contributed by atoms with E-state index in [1.54, 1.807) is 0 Å². The van der Waals surface area contributed by atoms with Crippen molar-refractivity contribution in [2.45, 2.75) is 37.8 Å². The Kier molecular flexibility index (Phi) is 2.14. The van der Waals surface area contributed by atoms with E-state index in [0.717, 1.165) is 12.5 Å². The van der Waals surface area contributed by atoms with E-state index in [1.807, 2.05) is 7.05 Å². The second-order valence-electron chi connectivity index (χ2n) is 3.78. The molecule has 11 heavy (non-hydrogen) atoms. The molecule has 2 fully saturated rings. The van der Waals surface area contributed by atoms with E-state index in [1.165, 1.54) is 25.7 Å². The van der Waals surface area contributed by atoms with Crippen LogP contribution in [0.2, 0.25) is 0 Å². The van der Waals surface area contributed by atoms with Crippen LogP contribution in [0.15, 0.2) is 0 Å². The molecule has 1 saturated heterocycles. The van der Waals surface area contributed by atoms with Crippen molar-refractivity contribution in [2.75, 3.05) is 13.7 Å². The summed E-state index contributed by atoms with van der Waals surface area (Å²) in [6, 6.07) is 0.626. The van der Waals surface area contributed by atoms with Crippen molar-refractivity contribution >= 4 is 0 Å². The Morgan fingerprint density at radius 3 is 2.64 bits per heavy atom. The zero-order valence-corrected chi connectivity index (χ0v) is 7.18. The number of hydrogen-bond donors (Lipinski definition) is 1. The molecule has 2 unspecified atom stereocenters. The topological polar surface area (TPSA) is 21.3 Å². The van der Waals surface area contributed by atoms with Crippen molar-refractivity contribution < 1.29 is 4.74 Å². The van der Waals surface area contributed by atoms with Crippen LogP contribution in [0.5, 0.6) is 0 Å². The quantitative estimate of drug-likeness (QED) is 0.646. The van der Waals surface area contributed by atoms with E-state index >= 15 is 0 Å². The first-order valence-corrected chi connectivity index (χ1v) is 4.69. The zero-order chi connectivity index (χ0) is 7.68. The maximum absolute atomic E-state index is 5.70. The predicted molar refractivity (Wildman–Crippen MR) is 44.5 cm³/mol. The first-order chi connectivity index (χ1) is 5.40. The molecular weight excluding hydrogens is 138 g/mol. The summed E-state index contributed by atoms with van der Waals surface area (Å²) in [6.45, 7) is 0.928. The minimum Gasteiger partial charge on any atom is -0.376 e. The monoisotopic (exact) mass is 155 g/mol. The minimum absolute atomic E-state index is 0.584. The van der Waals surface area contributed by atoms with E-state index < -0.39 is 0 Å². The van der Waals surface area contributed by atoms with Crippen molar-refractivity contribution in [3.8, 4) is 0 Å². The lowest BCUT2D eigenvalue weighted by Gasteiger charge is -2.30. The van der Waals surface area contributed by atoms with Gasteiger partial charge in [0, 0.05) is 6.04 Å². The summed E-state index contributed by atoms with van der Waals surface area (Å²) in [5, 5.41) is 3.27. The standard InChI is InChI=1S/C9H17NO/c1-10-8-5-9(11-6-8)7-3-2-4-7/h7-10H,2-6H2,1H3. The Morgan fingerprint density at radius 1 is 1.36 bits per heavy atom. The molecule has 1 aliphatic heterocycles. The summed E-state index contributed by atoms with van der Waals surface area (Å²) in [5.41, 5.74) is 0. The number of rotatable bonds is 2. The van der Waals surface area contributed by atoms with E-state index in [2.05, 4.69) is 5.32 Å². The average molecular weight is 155 g/mol. The normalized spacial score (nSPS) is 39.0. The minimum atomic E-state index is 0.584. The second kappa shape index (κ2) is 3.11. The summed E-state index contributed by atoms with van der Waals surface area (Å²) in [6.07, 6.45) is 6.05.